The van der Waals surface area contributed by atoms with Crippen LogP contribution in [0.3, 0.4) is 0 Å². The molecule has 0 spiro atoms. The number of aryl methyl sites for hydroxylation is 4. The number of hydrogen-bond acceptors (Lipinski definition) is 15. The standard InChI is InChI=1S/C47H57N13O9S2/c1-8-59-34(21-28(5)55-59)43(64)53-46-51-32-23-30(41(48)62)25-36(67-7)39(32)57(46)15-10-11-16-58-40-33(52-47(58)54-44(65)35-22-29(6)56-60(35)9-2)24-31(42(49)63)26-37(40)68-17-12-14-50-38(61)13-19-70-71-20-18-69-45(66)27(3)4/h10-11,21-26H,3,8-9,12-20H2,1-2,4-7H3,(H2,48,62)(H2,49,63)(H,50,61)(H,51,53,64)(H,52,54,65)/b11-10+. The van der Waals surface area contributed by atoms with Gasteiger partial charge in [0.15, 0.2) is 0 Å². The Morgan fingerprint density at radius 1 is 0.732 bits per heavy atom. The summed E-state index contributed by atoms with van der Waals surface area (Å²) in [6, 6.07) is 9.37. The summed E-state index contributed by atoms with van der Waals surface area (Å²) in [6.07, 6.45) is 4.31. The van der Waals surface area contributed by atoms with Crippen LogP contribution >= 0.6 is 21.6 Å². The number of ether oxygens (including phenoxy) is 3. The summed E-state index contributed by atoms with van der Waals surface area (Å²) in [5, 5.41) is 17.5. The first kappa shape index (κ1) is 52.8. The third-order valence-corrected chi connectivity index (χ3v) is 13.0. The molecule has 2 aromatic carbocycles. The largest absolute Gasteiger partial charge is 0.494 e. The van der Waals surface area contributed by atoms with Gasteiger partial charge in [0.25, 0.3) is 11.8 Å². The second-order valence-electron chi connectivity index (χ2n) is 15.9. The van der Waals surface area contributed by atoms with E-state index in [-0.39, 0.29) is 73.2 Å². The van der Waals surface area contributed by atoms with Crippen LogP contribution in [0.1, 0.15) is 86.7 Å². The molecule has 0 saturated heterocycles. The molecule has 4 heterocycles. The summed E-state index contributed by atoms with van der Waals surface area (Å²) in [5.74, 6) is -0.958. The number of benzene rings is 2. The van der Waals surface area contributed by atoms with Crippen LogP contribution in [0.15, 0.2) is 60.7 Å². The fraction of sp³-hybridized carbons (Fsp3) is 0.362. The molecule has 0 aliphatic carbocycles. The lowest BCUT2D eigenvalue weighted by Gasteiger charge is -2.13. The Balaban J connectivity index is 1.25. The Morgan fingerprint density at radius 3 is 1.73 bits per heavy atom. The van der Waals surface area contributed by atoms with E-state index < -0.39 is 29.6 Å². The van der Waals surface area contributed by atoms with Crippen LogP contribution in [0.25, 0.3) is 22.1 Å². The van der Waals surface area contributed by atoms with Gasteiger partial charge in [-0.05, 0) is 77.4 Å². The maximum absolute atomic E-state index is 13.9. The number of primary amides is 2. The monoisotopic (exact) mass is 1010 g/mol. The average molecular weight is 1010 g/mol. The highest BCUT2D eigenvalue weighted by Crippen LogP contribution is 2.33. The van der Waals surface area contributed by atoms with Gasteiger partial charge in [-0.1, -0.05) is 40.3 Å². The smallest absolute Gasteiger partial charge is 0.333 e. The predicted octanol–water partition coefficient (Wildman–Crippen LogP) is 5.18. The molecule has 6 rings (SSSR count). The molecule has 22 nitrogen and oxygen atoms in total. The number of carbonyl (C=O) groups excluding carboxylic acids is 6. The van der Waals surface area contributed by atoms with Gasteiger partial charge in [-0.15, -0.1) is 0 Å². The molecule has 6 aromatic rings. The normalized spacial score (nSPS) is 11.3. The van der Waals surface area contributed by atoms with E-state index in [2.05, 4.69) is 37.7 Å². The van der Waals surface area contributed by atoms with Gasteiger partial charge in [0, 0.05) is 67.4 Å². The van der Waals surface area contributed by atoms with Crippen LogP contribution in [0.5, 0.6) is 11.5 Å². The number of rotatable bonds is 26. The summed E-state index contributed by atoms with van der Waals surface area (Å²) in [6.45, 7) is 14.3. The number of allylic oxidation sites excluding steroid dienone is 2. The summed E-state index contributed by atoms with van der Waals surface area (Å²) in [4.78, 5) is 86.0. The fourth-order valence-electron chi connectivity index (χ4n) is 7.30. The molecule has 71 heavy (non-hydrogen) atoms. The van der Waals surface area contributed by atoms with Gasteiger partial charge >= 0.3 is 5.97 Å². The number of methoxy groups -OCH3 is 1. The Kier molecular flexibility index (Phi) is 18.1. The van der Waals surface area contributed by atoms with E-state index in [9.17, 15) is 28.8 Å². The molecule has 0 fully saturated rings. The van der Waals surface area contributed by atoms with Crippen molar-refractivity contribution in [3.05, 3.63) is 94.6 Å². The summed E-state index contributed by atoms with van der Waals surface area (Å²) in [5.41, 5.74) is 15.5. The molecule has 5 amide bonds. The minimum atomic E-state index is -0.724. The highest BCUT2D eigenvalue weighted by atomic mass is 33.1. The van der Waals surface area contributed by atoms with Gasteiger partial charge < -0.3 is 40.1 Å². The number of esters is 1. The summed E-state index contributed by atoms with van der Waals surface area (Å²) >= 11 is 0. The van der Waals surface area contributed by atoms with Crippen LogP contribution in [0.2, 0.25) is 0 Å². The zero-order chi connectivity index (χ0) is 51.4. The van der Waals surface area contributed by atoms with Gasteiger partial charge in [-0.2, -0.15) is 10.2 Å². The topological polar surface area (TPSA) is 290 Å². The highest BCUT2D eigenvalue weighted by Gasteiger charge is 2.24. The lowest BCUT2D eigenvalue weighted by molar-refractivity contribution is -0.138. The van der Waals surface area contributed by atoms with Gasteiger partial charge in [-0.3, -0.25) is 44.0 Å². The Labute approximate surface area is 416 Å². The zero-order valence-electron chi connectivity index (χ0n) is 40.3. The number of amides is 5. The van der Waals surface area contributed by atoms with E-state index in [1.807, 2.05) is 26.0 Å². The first-order valence-corrected chi connectivity index (χ1v) is 25.1. The molecule has 4 aromatic heterocycles. The minimum Gasteiger partial charge on any atom is -0.494 e. The third kappa shape index (κ3) is 13.2. The van der Waals surface area contributed by atoms with Crippen LogP contribution in [-0.4, -0.2) is 113 Å². The third-order valence-electron chi connectivity index (χ3n) is 10.6. The molecule has 0 unspecified atom stereocenters. The molecule has 24 heteroatoms. The Bertz CT molecular complexity index is 3020. The van der Waals surface area contributed by atoms with Crippen molar-refractivity contribution in [1.29, 1.82) is 0 Å². The number of imidazole rings is 2. The predicted molar refractivity (Wildman–Crippen MR) is 272 cm³/mol. The van der Waals surface area contributed by atoms with Crippen LogP contribution in [0, 0.1) is 13.8 Å². The molecule has 0 atom stereocenters. The van der Waals surface area contributed by atoms with Crippen molar-refractivity contribution in [1.82, 2.24) is 44.0 Å². The second-order valence-corrected chi connectivity index (χ2v) is 18.6. The summed E-state index contributed by atoms with van der Waals surface area (Å²) in [7, 11) is 4.45. The van der Waals surface area contributed by atoms with Crippen LogP contribution < -0.4 is 36.9 Å². The number of fused-ring (bicyclic) bond motifs is 2. The van der Waals surface area contributed by atoms with Crippen molar-refractivity contribution in [2.24, 2.45) is 11.5 Å². The number of nitrogens with one attached hydrogen (secondary N) is 3. The zero-order valence-corrected chi connectivity index (χ0v) is 42.0. The van der Waals surface area contributed by atoms with Gasteiger partial charge in [0.2, 0.25) is 29.6 Å². The fourth-order valence-corrected chi connectivity index (χ4v) is 9.12. The Morgan fingerprint density at radius 2 is 1.24 bits per heavy atom. The average Bonchev–Trinajstić information content (AvgIpc) is 4.11. The first-order valence-electron chi connectivity index (χ1n) is 22.6. The van der Waals surface area contributed by atoms with Gasteiger partial charge in [-0.25, -0.2) is 14.8 Å². The maximum atomic E-state index is 13.9. The SMILES string of the molecule is C=C(C)C(=O)OCCSSCCC(=O)NCCCOc1cc(C(N)=O)cc2nc(NC(=O)c3cc(C)nn3CC)n(C/C=C/Cn3c(NC(=O)c4cc(C)nn4CC)nc4cc(C(N)=O)cc(OC)c43)c12. The van der Waals surface area contributed by atoms with Crippen molar-refractivity contribution >= 4 is 91.1 Å². The van der Waals surface area contributed by atoms with Gasteiger partial charge in [0.05, 0.1) is 36.1 Å². The van der Waals surface area contributed by atoms with Crippen molar-refractivity contribution in [3.63, 3.8) is 0 Å². The Hall–Kier alpha value is -7.60. The quantitative estimate of drug-likeness (QED) is 0.0154. The number of nitrogens with zero attached hydrogens (tertiary/aromatic N) is 8. The maximum Gasteiger partial charge on any atom is 0.333 e. The molecule has 0 radical (unpaired) electrons. The van der Waals surface area contributed by atoms with E-state index in [4.69, 9.17) is 30.7 Å². The van der Waals surface area contributed by atoms with E-state index in [1.165, 1.54) is 53.0 Å². The first-order chi connectivity index (χ1) is 34.0. The number of hydrogen-bond donors (Lipinski definition) is 5. The molecular weight excluding hydrogens is 955 g/mol. The highest BCUT2D eigenvalue weighted by molar-refractivity contribution is 8.76. The van der Waals surface area contributed by atoms with Crippen molar-refractivity contribution in [3.8, 4) is 11.5 Å². The molecule has 7 N–H and O–H groups in total. The molecule has 0 bridgehead atoms. The van der Waals surface area contributed by atoms with Crippen LogP contribution in [-0.2, 0) is 40.5 Å². The second kappa shape index (κ2) is 24.3. The van der Waals surface area contributed by atoms with E-state index in [0.29, 0.717) is 88.0 Å². The van der Waals surface area contributed by atoms with Crippen molar-refractivity contribution < 1.29 is 43.0 Å². The van der Waals surface area contributed by atoms with E-state index >= 15 is 0 Å². The molecular formula is C47H57N13O9S2. The lowest BCUT2D eigenvalue weighted by Crippen LogP contribution is -2.25. The lowest BCUT2D eigenvalue weighted by atomic mass is 10.1. The molecule has 0 saturated carbocycles. The van der Waals surface area contributed by atoms with Gasteiger partial charge in [0.1, 0.15) is 40.5 Å². The minimum absolute atomic E-state index is 0.0999. The van der Waals surface area contributed by atoms with Crippen molar-refractivity contribution in [2.45, 2.75) is 73.6 Å². The van der Waals surface area contributed by atoms with Crippen LogP contribution in [0.4, 0.5) is 11.9 Å². The number of anilines is 2. The number of carbonyl (C=O) groups is 6. The number of aromatic nitrogens is 8. The van der Waals surface area contributed by atoms with E-state index in [0.717, 1.165) is 0 Å². The van der Waals surface area contributed by atoms with E-state index in [1.54, 1.807) is 51.4 Å². The molecule has 376 valence electrons. The molecule has 0 aliphatic rings. The molecule has 0 aliphatic heterocycles. The van der Waals surface area contributed by atoms with Crippen molar-refractivity contribution in [2.75, 3.05) is 49.0 Å². The summed E-state index contributed by atoms with van der Waals surface area (Å²) < 4.78 is 23.7. The number of nitrogens with two attached hydrogens (primary N) is 2.